The van der Waals surface area contributed by atoms with E-state index in [-0.39, 0.29) is 23.3 Å². The molecule has 1 aromatic heterocycles. The highest BCUT2D eigenvalue weighted by atomic mass is 19.1. The predicted molar refractivity (Wildman–Crippen MR) is 99.9 cm³/mol. The lowest BCUT2D eigenvalue weighted by Gasteiger charge is -2.39. The van der Waals surface area contributed by atoms with Gasteiger partial charge in [-0.05, 0) is 18.1 Å². The Morgan fingerprint density at radius 1 is 1.37 bits per heavy atom. The first-order valence-corrected chi connectivity index (χ1v) is 8.71. The Bertz CT molecular complexity index is 881. The van der Waals surface area contributed by atoms with Crippen LogP contribution in [0, 0.1) is 23.1 Å². The van der Waals surface area contributed by atoms with E-state index in [1.54, 1.807) is 18.2 Å². The van der Waals surface area contributed by atoms with Crippen LogP contribution >= 0.6 is 0 Å². The number of rotatable bonds is 4. The minimum atomic E-state index is -0.669. The summed E-state index contributed by atoms with van der Waals surface area (Å²) in [6, 6.07) is 6.57. The first-order chi connectivity index (χ1) is 12.9. The van der Waals surface area contributed by atoms with Crippen LogP contribution in [0.25, 0.3) is 11.3 Å². The fourth-order valence-corrected chi connectivity index (χ4v) is 3.21. The number of morpholine rings is 1. The van der Waals surface area contributed by atoms with Crippen LogP contribution in [-0.2, 0) is 4.74 Å². The molecule has 1 unspecified atom stereocenters. The second-order valence-corrected chi connectivity index (χ2v) is 6.70. The van der Waals surface area contributed by atoms with E-state index >= 15 is 0 Å². The van der Waals surface area contributed by atoms with Gasteiger partial charge in [-0.1, -0.05) is 13.8 Å². The number of nitrogens with zero attached hydrogens (tertiary/aromatic N) is 4. The van der Waals surface area contributed by atoms with E-state index in [9.17, 15) is 4.39 Å². The summed E-state index contributed by atoms with van der Waals surface area (Å²) >= 11 is 0. The highest BCUT2D eigenvalue weighted by molar-refractivity contribution is 5.68. The van der Waals surface area contributed by atoms with E-state index < -0.39 is 5.82 Å². The van der Waals surface area contributed by atoms with Crippen molar-refractivity contribution in [3.05, 3.63) is 29.6 Å². The number of nitrogens with two attached hydrogens (primary N) is 1. The predicted octanol–water partition coefficient (Wildman–Crippen LogP) is 2.61. The van der Waals surface area contributed by atoms with Crippen molar-refractivity contribution in [3.8, 4) is 23.1 Å². The van der Waals surface area contributed by atoms with Crippen molar-refractivity contribution in [3.63, 3.8) is 0 Å². The van der Waals surface area contributed by atoms with Gasteiger partial charge in [-0.3, -0.25) is 0 Å². The summed E-state index contributed by atoms with van der Waals surface area (Å²) in [4.78, 5) is 10.8. The Morgan fingerprint density at radius 2 is 2.15 bits per heavy atom. The lowest BCUT2D eigenvalue weighted by atomic mass is 10.0. The van der Waals surface area contributed by atoms with E-state index in [4.69, 9.17) is 20.5 Å². The Hall–Kier alpha value is -2.92. The van der Waals surface area contributed by atoms with E-state index in [1.807, 2.05) is 0 Å². The Morgan fingerprint density at radius 3 is 2.81 bits per heavy atom. The maximum Gasteiger partial charge on any atom is 0.222 e. The molecular weight excluding hydrogens is 349 g/mol. The van der Waals surface area contributed by atoms with Gasteiger partial charge in [0.15, 0.2) is 0 Å². The van der Waals surface area contributed by atoms with Crippen molar-refractivity contribution in [2.24, 2.45) is 5.92 Å². The summed E-state index contributed by atoms with van der Waals surface area (Å²) in [5.41, 5.74) is 6.72. The number of aromatic nitrogens is 2. The van der Waals surface area contributed by atoms with Gasteiger partial charge in [0.2, 0.25) is 5.95 Å². The Balaban J connectivity index is 2.06. The third kappa shape index (κ3) is 3.78. The quantitative estimate of drug-likeness (QED) is 0.882. The normalized spacial score (nSPS) is 17.0. The monoisotopic (exact) mass is 371 g/mol. The third-order valence-corrected chi connectivity index (χ3v) is 4.64. The number of anilines is 2. The summed E-state index contributed by atoms with van der Waals surface area (Å²) in [6.45, 7) is 6.14. The number of nitrogen functional groups attached to an aromatic ring is 1. The van der Waals surface area contributed by atoms with E-state index in [0.29, 0.717) is 42.8 Å². The topological polar surface area (TPSA) is 97.3 Å². The SMILES string of the molecule is COc1cc(-c2cc(N3CCOCC3C(C)C)nc(N)n2)cc(F)c1C#N. The standard InChI is InChI=1S/C19H22FN5O2/c1-11(2)16-10-27-5-4-25(16)18-8-15(23-19(22)24-18)12-6-14(20)13(9-21)17(7-12)26-3/h6-8,11,16H,4-5,10H2,1-3H3,(H2,22,23,24). The van der Waals surface area contributed by atoms with Gasteiger partial charge < -0.3 is 20.1 Å². The molecule has 142 valence electrons. The maximum atomic E-state index is 14.3. The average Bonchev–Trinajstić information content (AvgIpc) is 2.66. The van der Waals surface area contributed by atoms with Gasteiger partial charge in [0.25, 0.3) is 0 Å². The maximum absolute atomic E-state index is 14.3. The lowest BCUT2D eigenvalue weighted by Crippen LogP contribution is -2.48. The zero-order valence-corrected chi connectivity index (χ0v) is 15.6. The minimum absolute atomic E-state index is 0.0974. The molecule has 0 saturated carbocycles. The van der Waals surface area contributed by atoms with Crippen LogP contribution in [0.5, 0.6) is 5.75 Å². The molecule has 1 aliphatic heterocycles. The first-order valence-electron chi connectivity index (χ1n) is 8.71. The Labute approximate surface area is 157 Å². The molecule has 0 bridgehead atoms. The van der Waals surface area contributed by atoms with Crippen LogP contribution in [0.3, 0.4) is 0 Å². The van der Waals surface area contributed by atoms with Gasteiger partial charge in [0.1, 0.15) is 29.0 Å². The summed E-state index contributed by atoms with van der Waals surface area (Å²) in [7, 11) is 1.39. The smallest absolute Gasteiger partial charge is 0.222 e. The van der Waals surface area contributed by atoms with Gasteiger partial charge in [-0.25, -0.2) is 9.37 Å². The number of halogens is 1. The molecule has 0 radical (unpaired) electrons. The van der Waals surface area contributed by atoms with Crippen molar-refractivity contribution < 1.29 is 13.9 Å². The number of hydrogen-bond donors (Lipinski definition) is 1. The molecule has 2 N–H and O–H groups in total. The number of methoxy groups -OCH3 is 1. The van der Waals surface area contributed by atoms with Gasteiger partial charge >= 0.3 is 0 Å². The Kier molecular flexibility index (Phi) is 5.42. The lowest BCUT2D eigenvalue weighted by molar-refractivity contribution is 0.0802. The van der Waals surface area contributed by atoms with Gasteiger partial charge in [0, 0.05) is 18.2 Å². The molecule has 1 aliphatic rings. The molecule has 0 aliphatic carbocycles. The number of benzene rings is 1. The van der Waals surface area contributed by atoms with Gasteiger partial charge in [-0.15, -0.1) is 0 Å². The van der Waals surface area contributed by atoms with Crippen molar-refractivity contribution in [1.82, 2.24) is 9.97 Å². The molecule has 1 fully saturated rings. The molecule has 7 nitrogen and oxygen atoms in total. The van der Waals surface area contributed by atoms with Gasteiger partial charge in [0.05, 0.1) is 32.1 Å². The van der Waals surface area contributed by atoms with Crippen molar-refractivity contribution in [1.29, 1.82) is 5.26 Å². The fourth-order valence-electron chi connectivity index (χ4n) is 3.21. The van der Waals surface area contributed by atoms with Crippen molar-refractivity contribution in [2.75, 3.05) is 37.5 Å². The molecule has 8 heteroatoms. The summed E-state index contributed by atoms with van der Waals surface area (Å²) < 4.78 is 25.0. The molecule has 1 atom stereocenters. The molecule has 3 rings (SSSR count). The van der Waals surface area contributed by atoms with Crippen molar-refractivity contribution in [2.45, 2.75) is 19.9 Å². The minimum Gasteiger partial charge on any atom is -0.495 e. The fraction of sp³-hybridized carbons (Fsp3) is 0.421. The summed E-state index contributed by atoms with van der Waals surface area (Å²) in [5, 5.41) is 9.10. The van der Waals surface area contributed by atoms with Crippen LogP contribution in [0.15, 0.2) is 18.2 Å². The van der Waals surface area contributed by atoms with Crippen LogP contribution < -0.4 is 15.4 Å². The van der Waals surface area contributed by atoms with Crippen LogP contribution in [-0.4, -0.2) is 42.9 Å². The zero-order valence-electron chi connectivity index (χ0n) is 15.6. The molecular formula is C19H22FN5O2. The zero-order chi connectivity index (χ0) is 19.6. The number of nitriles is 1. The van der Waals surface area contributed by atoms with Crippen LogP contribution in [0.1, 0.15) is 19.4 Å². The average molecular weight is 371 g/mol. The largest absolute Gasteiger partial charge is 0.495 e. The molecule has 2 heterocycles. The number of hydrogen-bond acceptors (Lipinski definition) is 7. The van der Waals surface area contributed by atoms with E-state index in [2.05, 4.69) is 28.7 Å². The van der Waals surface area contributed by atoms with E-state index in [0.717, 1.165) is 0 Å². The summed E-state index contributed by atoms with van der Waals surface area (Å²) in [5.74, 6) is 0.607. The van der Waals surface area contributed by atoms with Crippen LogP contribution in [0.2, 0.25) is 0 Å². The third-order valence-electron chi connectivity index (χ3n) is 4.64. The highest BCUT2D eigenvalue weighted by Crippen LogP contribution is 2.31. The molecule has 0 amide bonds. The first kappa shape index (κ1) is 18.9. The van der Waals surface area contributed by atoms with Crippen molar-refractivity contribution >= 4 is 11.8 Å². The highest BCUT2D eigenvalue weighted by Gasteiger charge is 2.27. The molecule has 2 aromatic rings. The summed E-state index contributed by atoms with van der Waals surface area (Å²) in [6.07, 6.45) is 0. The molecule has 1 aromatic carbocycles. The second-order valence-electron chi connectivity index (χ2n) is 6.70. The molecule has 1 saturated heterocycles. The molecule has 0 spiro atoms. The number of ether oxygens (including phenoxy) is 2. The molecule has 27 heavy (non-hydrogen) atoms. The van der Waals surface area contributed by atoms with Crippen LogP contribution in [0.4, 0.5) is 16.2 Å². The van der Waals surface area contributed by atoms with E-state index in [1.165, 1.54) is 13.2 Å². The van der Waals surface area contributed by atoms with Gasteiger partial charge in [-0.2, -0.15) is 10.2 Å². The second kappa shape index (κ2) is 7.76.